The Kier molecular flexibility index (Phi) is 14.2. The molecule has 3 atom stereocenters. The summed E-state index contributed by atoms with van der Waals surface area (Å²) in [4.78, 5) is 52.0. The topological polar surface area (TPSA) is 85.9 Å². The molecule has 3 amide bonds. The van der Waals surface area contributed by atoms with Gasteiger partial charge in [0.05, 0.1) is 0 Å². The van der Waals surface area contributed by atoms with Gasteiger partial charge in [-0.1, -0.05) is 104 Å². The zero-order chi connectivity index (χ0) is 42.2. The van der Waals surface area contributed by atoms with Crippen LogP contribution in [-0.2, 0) is 33.8 Å². The number of nitrogens with zero attached hydrogens (tertiary/aromatic N) is 5. The fraction of sp³-hybridized carbons (Fsp3) is 0.490. The van der Waals surface area contributed by atoms with Crippen molar-refractivity contribution in [1.82, 2.24) is 19.6 Å². The first-order valence-electron chi connectivity index (χ1n) is 21.4. The van der Waals surface area contributed by atoms with Crippen LogP contribution in [0.4, 0.5) is 15.3 Å². The van der Waals surface area contributed by atoms with Gasteiger partial charge in [0.1, 0.15) is 17.2 Å². The van der Waals surface area contributed by atoms with Crippen LogP contribution in [0.25, 0.3) is 0 Å². The third kappa shape index (κ3) is 12.7. The SMILES string of the molecule is CC1C=CC=C(CN2CCN(C(=O)OC(C)(C)C)[C@@H](C[C@H](Cc3cccc(N4CCN(C(=O)OC(C)(C)C)CC4)c3)N(Cc3ccccc3)Cc3ccccc3)C2=O)C1. The molecule has 3 aromatic carbocycles. The minimum absolute atomic E-state index is 0.0359. The first-order valence-corrected chi connectivity index (χ1v) is 21.4. The molecular formula is C49H65N5O5. The maximum absolute atomic E-state index is 14.9. The van der Waals surface area contributed by atoms with Gasteiger partial charge in [0.2, 0.25) is 5.91 Å². The number of rotatable bonds is 12. The summed E-state index contributed by atoms with van der Waals surface area (Å²) in [6.45, 7) is 18.8. The van der Waals surface area contributed by atoms with Crippen molar-refractivity contribution in [2.75, 3.05) is 50.7 Å². The zero-order valence-corrected chi connectivity index (χ0v) is 36.3. The van der Waals surface area contributed by atoms with Crippen LogP contribution < -0.4 is 4.90 Å². The standard InChI is InChI=1S/C49H65N5O5/c1-37-16-14-22-41(30-37)36-52-28-29-54(47(57)59-49(5,6)7)44(45(52)55)33-43(53(34-38-17-10-8-11-18-38)35-39-19-12-9-13-20-39)32-40-21-15-23-42(31-40)50-24-26-51(27-25-50)46(56)58-48(2,3)4/h8-23,31,37,43-44H,24-30,32-36H2,1-7H3/t37?,43-,44-/m0/s1. The average molecular weight is 804 g/mol. The summed E-state index contributed by atoms with van der Waals surface area (Å²) in [5.41, 5.74) is 4.58. The van der Waals surface area contributed by atoms with Crippen LogP contribution >= 0.6 is 0 Å². The number of hydrogen-bond donors (Lipinski definition) is 0. The smallest absolute Gasteiger partial charge is 0.411 e. The molecule has 0 aromatic heterocycles. The lowest BCUT2D eigenvalue weighted by Gasteiger charge is -2.44. The van der Waals surface area contributed by atoms with Crippen LogP contribution in [0.1, 0.15) is 78.0 Å². The van der Waals surface area contributed by atoms with Crippen molar-refractivity contribution < 1.29 is 23.9 Å². The van der Waals surface area contributed by atoms with Gasteiger partial charge in [-0.2, -0.15) is 0 Å². The number of carbonyl (C=O) groups is 3. The lowest BCUT2D eigenvalue weighted by atomic mass is 9.92. The number of piperazine rings is 2. The van der Waals surface area contributed by atoms with E-state index in [0.717, 1.165) is 17.7 Å². The summed E-state index contributed by atoms with van der Waals surface area (Å²) in [6.07, 6.45) is 7.71. The second-order valence-corrected chi connectivity index (χ2v) is 18.4. The third-order valence-electron chi connectivity index (χ3n) is 11.1. The van der Waals surface area contributed by atoms with Gasteiger partial charge in [-0.3, -0.25) is 14.6 Å². The number of allylic oxidation sites excluding steroid dienone is 3. The molecule has 3 aliphatic rings. The Bertz CT molecular complexity index is 1890. The molecule has 6 rings (SSSR count). The molecular weight excluding hydrogens is 739 g/mol. The van der Waals surface area contributed by atoms with Crippen molar-refractivity contribution in [1.29, 1.82) is 0 Å². The van der Waals surface area contributed by atoms with E-state index in [9.17, 15) is 14.4 Å². The van der Waals surface area contributed by atoms with E-state index < -0.39 is 23.3 Å². The van der Waals surface area contributed by atoms with E-state index in [1.165, 1.54) is 16.7 Å². The molecule has 2 aliphatic heterocycles. The van der Waals surface area contributed by atoms with E-state index in [0.29, 0.717) is 77.7 Å². The Balaban J connectivity index is 1.32. The van der Waals surface area contributed by atoms with Crippen LogP contribution in [0.15, 0.2) is 109 Å². The highest BCUT2D eigenvalue weighted by Crippen LogP contribution is 2.29. The fourth-order valence-corrected chi connectivity index (χ4v) is 8.25. The van der Waals surface area contributed by atoms with Crippen molar-refractivity contribution in [3.63, 3.8) is 0 Å². The normalized spacial score (nSPS) is 19.5. The molecule has 0 spiro atoms. The lowest BCUT2D eigenvalue weighted by molar-refractivity contribution is -0.142. The summed E-state index contributed by atoms with van der Waals surface area (Å²) in [6, 6.07) is 28.8. The molecule has 59 heavy (non-hydrogen) atoms. The lowest BCUT2D eigenvalue weighted by Crippen LogP contribution is -2.61. The Morgan fingerprint density at radius 2 is 1.34 bits per heavy atom. The highest BCUT2D eigenvalue weighted by Gasteiger charge is 2.42. The summed E-state index contributed by atoms with van der Waals surface area (Å²) in [5.74, 6) is 0.383. The highest BCUT2D eigenvalue weighted by atomic mass is 16.6. The molecule has 316 valence electrons. The minimum atomic E-state index is -0.709. The number of anilines is 1. The molecule has 2 saturated heterocycles. The third-order valence-corrected chi connectivity index (χ3v) is 11.1. The monoisotopic (exact) mass is 803 g/mol. The first-order chi connectivity index (χ1) is 28.1. The highest BCUT2D eigenvalue weighted by molar-refractivity contribution is 5.87. The number of benzene rings is 3. The van der Waals surface area contributed by atoms with Gasteiger partial charge in [-0.05, 0) is 95.5 Å². The van der Waals surface area contributed by atoms with Crippen molar-refractivity contribution >= 4 is 23.8 Å². The van der Waals surface area contributed by atoms with Crippen LogP contribution in [0.2, 0.25) is 0 Å². The molecule has 3 aromatic rings. The van der Waals surface area contributed by atoms with Crippen molar-refractivity contribution in [2.24, 2.45) is 5.92 Å². The van der Waals surface area contributed by atoms with E-state index in [4.69, 9.17) is 9.47 Å². The Morgan fingerprint density at radius 1 is 0.746 bits per heavy atom. The number of ether oxygens (including phenoxy) is 2. The maximum Gasteiger partial charge on any atom is 0.411 e. The molecule has 2 heterocycles. The van der Waals surface area contributed by atoms with E-state index in [2.05, 4.69) is 108 Å². The Labute approximate surface area is 352 Å². The predicted octanol–water partition coefficient (Wildman–Crippen LogP) is 8.72. The van der Waals surface area contributed by atoms with Crippen molar-refractivity contribution in [2.45, 2.75) is 104 Å². The summed E-state index contributed by atoms with van der Waals surface area (Å²) < 4.78 is 11.6. The summed E-state index contributed by atoms with van der Waals surface area (Å²) in [5, 5.41) is 0. The Morgan fingerprint density at radius 3 is 1.93 bits per heavy atom. The van der Waals surface area contributed by atoms with Crippen LogP contribution in [0.3, 0.4) is 0 Å². The van der Waals surface area contributed by atoms with Crippen molar-refractivity contribution in [3.05, 3.63) is 125 Å². The Hall–Kier alpha value is -5.09. The molecule has 0 bridgehead atoms. The van der Waals surface area contributed by atoms with Crippen LogP contribution in [-0.4, -0.2) is 107 Å². The van der Waals surface area contributed by atoms with Crippen LogP contribution in [0.5, 0.6) is 0 Å². The average Bonchev–Trinajstić information content (AvgIpc) is 3.18. The second-order valence-electron chi connectivity index (χ2n) is 18.4. The van der Waals surface area contributed by atoms with Gasteiger partial charge in [0, 0.05) is 70.6 Å². The molecule has 1 aliphatic carbocycles. The predicted molar refractivity (Wildman–Crippen MR) is 235 cm³/mol. The fourth-order valence-electron chi connectivity index (χ4n) is 8.25. The zero-order valence-electron chi connectivity index (χ0n) is 36.3. The number of amides is 3. The summed E-state index contributed by atoms with van der Waals surface area (Å²) >= 11 is 0. The molecule has 10 heteroatoms. The van der Waals surface area contributed by atoms with Gasteiger partial charge in [-0.25, -0.2) is 9.59 Å². The van der Waals surface area contributed by atoms with Gasteiger partial charge >= 0.3 is 12.2 Å². The molecule has 0 radical (unpaired) electrons. The van der Waals surface area contributed by atoms with E-state index in [1.54, 1.807) is 9.80 Å². The summed E-state index contributed by atoms with van der Waals surface area (Å²) in [7, 11) is 0. The van der Waals surface area contributed by atoms with Crippen LogP contribution in [0, 0.1) is 5.92 Å². The first kappa shape index (κ1) is 43.5. The number of carbonyl (C=O) groups excluding carboxylic acids is 3. The largest absolute Gasteiger partial charge is 0.444 e. The quantitative estimate of drug-likeness (QED) is 0.181. The van der Waals surface area contributed by atoms with Gasteiger partial charge in [0.15, 0.2) is 0 Å². The van der Waals surface area contributed by atoms with Gasteiger partial charge in [-0.15, -0.1) is 0 Å². The molecule has 10 nitrogen and oxygen atoms in total. The van der Waals surface area contributed by atoms with E-state index in [1.807, 2.05) is 58.6 Å². The number of hydrogen-bond acceptors (Lipinski definition) is 7. The molecule has 1 unspecified atom stereocenters. The van der Waals surface area contributed by atoms with Gasteiger partial charge in [0.25, 0.3) is 0 Å². The molecule has 2 fully saturated rings. The van der Waals surface area contributed by atoms with E-state index in [-0.39, 0.29) is 18.0 Å². The van der Waals surface area contributed by atoms with Crippen molar-refractivity contribution in [3.8, 4) is 0 Å². The van der Waals surface area contributed by atoms with Gasteiger partial charge < -0.3 is 24.2 Å². The minimum Gasteiger partial charge on any atom is -0.444 e. The maximum atomic E-state index is 14.9. The van der Waals surface area contributed by atoms with E-state index >= 15 is 0 Å². The molecule has 0 N–H and O–H groups in total. The second kappa shape index (κ2) is 19.3. The molecule has 0 saturated carbocycles.